The summed E-state index contributed by atoms with van der Waals surface area (Å²) in [6.07, 6.45) is -9.82. The predicted molar refractivity (Wildman–Crippen MR) is 129 cm³/mol. The zero-order valence-electron chi connectivity index (χ0n) is 21.1. The highest BCUT2D eigenvalue weighted by atomic mass is 19.4. The Bertz CT molecular complexity index is 1120. The molecule has 214 valence electrons. The van der Waals surface area contributed by atoms with Crippen LogP contribution in [0.3, 0.4) is 0 Å². The van der Waals surface area contributed by atoms with Crippen LogP contribution in [0.25, 0.3) is 0 Å². The van der Waals surface area contributed by atoms with Gasteiger partial charge in [-0.3, -0.25) is 5.43 Å². The van der Waals surface area contributed by atoms with Gasteiger partial charge in [-0.2, -0.15) is 26.3 Å². The van der Waals surface area contributed by atoms with Crippen molar-refractivity contribution in [2.24, 2.45) is 0 Å². The van der Waals surface area contributed by atoms with Crippen LogP contribution >= 0.6 is 0 Å². The molecule has 2 saturated heterocycles. The largest absolute Gasteiger partial charge is 0.416 e. The molecule has 0 aromatic heterocycles. The van der Waals surface area contributed by atoms with Gasteiger partial charge in [-0.05, 0) is 55.5 Å². The summed E-state index contributed by atoms with van der Waals surface area (Å²) in [6, 6.07) is 10.3. The van der Waals surface area contributed by atoms with Gasteiger partial charge in [-0.15, -0.1) is 0 Å². The molecule has 0 spiro atoms. The van der Waals surface area contributed by atoms with Crippen molar-refractivity contribution in [3.8, 4) is 0 Å². The van der Waals surface area contributed by atoms with E-state index >= 15 is 0 Å². The molecular formula is C26H30F6N4O3. The summed E-state index contributed by atoms with van der Waals surface area (Å²) in [4.78, 5) is 14.0. The van der Waals surface area contributed by atoms with E-state index < -0.39 is 40.7 Å². The number of rotatable bonds is 8. The van der Waals surface area contributed by atoms with Crippen LogP contribution in [0, 0.1) is 0 Å². The van der Waals surface area contributed by atoms with Gasteiger partial charge in [-0.1, -0.05) is 30.3 Å². The average molecular weight is 561 g/mol. The summed E-state index contributed by atoms with van der Waals surface area (Å²) in [5.74, 6) is 0. The number of aliphatic hydroxyl groups is 1. The highest BCUT2D eigenvalue weighted by Crippen LogP contribution is 2.41. The van der Waals surface area contributed by atoms with E-state index in [0.29, 0.717) is 31.4 Å². The van der Waals surface area contributed by atoms with Crippen molar-refractivity contribution >= 4 is 6.03 Å². The molecule has 2 aliphatic rings. The second-order valence-electron chi connectivity index (χ2n) is 9.99. The topological polar surface area (TPSA) is 85.9 Å². The van der Waals surface area contributed by atoms with Crippen LogP contribution in [-0.4, -0.2) is 48.0 Å². The molecule has 2 fully saturated rings. The number of carbonyl (C=O) groups excluding carboxylic acids is 1. The minimum absolute atomic E-state index is 0.0601. The Labute approximate surface area is 221 Å². The third-order valence-corrected chi connectivity index (χ3v) is 7.59. The Morgan fingerprint density at radius 2 is 1.67 bits per heavy atom. The normalized spacial score (nSPS) is 25.0. The lowest BCUT2D eigenvalue weighted by Gasteiger charge is -2.50. The lowest BCUT2D eigenvalue weighted by Crippen LogP contribution is -2.65. The van der Waals surface area contributed by atoms with Gasteiger partial charge in [0.05, 0.1) is 41.6 Å². The Balaban J connectivity index is 1.60. The van der Waals surface area contributed by atoms with Gasteiger partial charge in [0.15, 0.2) is 0 Å². The number of amides is 2. The van der Waals surface area contributed by atoms with E-state index in [9.17, 15) is 36.2 Å². The molecule has 39 heavy (non-hydrogen) atoms. The fraction of sp³-hybridized carbons (Fsp3) is 0.500. The van der Waals surface area contributed by atoms with Crippen LogP contribution < -0.4 is 16.2 Å². The summed E-state index contributed by atoms with van der Waals surface area (Å²) >= 11 is 0. The number of alkyl halides is 6. The van der Waals surface area contributed by atoms with E-state index in [4.69, 9.17) is 4.74 Å². The number of nitrogens with zero attached hydrogens (tertiary/aromatic N) is 1. The molecule has 0 unspecified atom stereocenters. The van der Waals surface area contributed by atoms with E-state index in [0.717, 1.165) is 5.56 Å². The van der Waals surface area contributed by atoms with Gasteiger partial charge in [-0.25, -0.2) is 10.2 Å². The zero-order valence-corrected chi connectivity index (χ0v) is 21.1. The molecule has 0 bridgehead atoms. The second-order valence-corrected chi connectivity index (χ2v) is 9.99. The first-order valence-electron chi connectivity index (χ1n) is 12.4. The predicted octanol–water partition coefficient (Wildman–Crippen LogP) is 4.69. The van der Waals surface area contributed by atoms with Crippen LogP contribution in [0.4, 0.5) is 31.1 Å². The maximum atomic E-state index is 13.4. The fourth-order valence-electron chi connectivity index (χ4n) is 5.25. The Kier molecular flexibility index (Phi) is 8.18. The first-order valence-corrected chi connectivity index (χ1v) is 12.4. The fourth-order valence-corrected chi connectivity index (χ4v) is 5.25. The van der Waals surface area contributed by atoms with E-state index in [1.807, 2.05) is 30.3 Å². The minimum Gasteiger partial charge on any atom is -0.396 e. The van der Waals surface area contributed by atoms with Gasteiger partial charge >= 0.3 is 18.4 Å². The molecule has 2 aromatic carbocycles. The van der Waals surface area contributed by atoms with Gasteiger partial charge in [0.2, 0.25) is 0 Å². The number of hydrazine groups is 1. The van der Waals surface area contributed by atoms with E-state index in [1.54, 1.807) is 4.90 Å². The molecule has 0 radical (unpaired) electrons. The first kappa shape index (κ1) is 29.1. The van der Waals surface area contributed by atoms with E-state index in [2.05, 4.69) is 16.2 Å². The summed E-state index contributed by atoms with van der Waals surface area (Å²) in [7, 11) is 0. The Morgan fingerprint density at radius 3 is 2.15 bits per heavy atom. The van der Waals surface area contributed by atoms with Crippen molar-refractivity contribution in [2.75, 3.05) is 26.4 Å². The number of piperidine rings is 1. The summed E-state index contributed by atoms with van der Waals surface area (Å²) in [6.45, 7) is 1.71. The van der Waals surface area contributed by atoms with Crippen LogP contribution in [0.2, 0.25) is 0 Å². The number of nitrogens with one attached hydrogen (secondary N) is 3. The van der Waals surface area contributed by atoms with Gasteiger partial charge < -0.3 is 20.1 Å². The second kappa shape index (κ2) is 11.0. The summed E-state index contributed by atoms with van der Waals surface area (Å²) in [5.41, 5.74) is 1.53. The molecule has 4 N–H and O–H groups in total. The number of hydrogen-bond acceptors (Lipinski definition) is 5. The molecular weight excluding hydrogens is 530 g/mol. The number of urea groups is 1. The Morgan fingerprint density at radius 1 is 1.03 bits per heavy atom. The highest BCUT2D eigenvalue weighted by Gasteiger charge is 2.49. The van der Waals surface area contributed by atoms with Crippen molar-refractivity contribution < 1.29 is 41.0 Å². The smallest absolute Gasteiger partial charge is 0.396 e. The monoisotopic (exact) mass is 560 g/mol. The molecule has 2 aromatic rings. The standard InChI is InChI=1S/C26H30F6N4O3/c1-17(18-11-20(25(27,28)29)13-21(12-18)26(30,31)32)39-15-24(19-5-3-2-4-6-19)8-7-23(9-10-37,14-33-24)36-16-34-35-22(36)38/h2-6,11-13,17,33-34,37H,7-10,14-16H2,1H3,(H,35,38)/t17-,23-,24-/m1/s1. The van der Waals surface area contributed by atoms with Gasteiger partial charge in [0.25, 0.3) is 0 Å². The molecule has 7 nitrogen and oxygen atoms in total. The van der Waals surface area contributed by atoms with Gasteiger partial charge in [0.1, 0.15) is 0 Å². The maximum Gasteiger partial charge on any atom is 0.416 e. The van der Waals surface area contributed by atoms with Crippen LogP contribution in [-0.2, 0) is 22.6 Å². The van der Waals surface area contributed by atoms with Crippen LogP contribution in [0.15, 0.2) is 48.5 Å². The van der Waals surface area contributed by atoms with Crippen molar-refractivity contribution in [1.82, 2.24) is 21.1 Å². The third kappa shape index (κ3) is 6.16. The highest BCUT2D eigenvalue weighted by molar-refractivity contribution is 5.76. The molecule has 2 amide bonds. The molecule has 2 aliphatic heterocycles. The quantitative estimate of drug-likeness (QED) is 0.352. The van der Waals surface area contributed by atoms with Crippen molar-refractivity contribution in [1.29, 1.82) is 0 Å². The van der Waals surface area contributed by atoms with Crippen LogP contribution in [0.1, 0.15) is 54.5 Å². The first-order chi connectivity index (χ1) is 18.3. The SMILES string of the molecule is C[C@@H](OC[C@@]1(c2ccccc2)CC[C@](CCO)(N2CNNC2=O)CN1)c1cc(C(F)(F)F)cc(C(F)(F)F)c1. The Hall–Kier alpha value is -2.87. The van der Waals surface area contributed by atoms with Crippen molar-refractivity contribution in [2.45, 2.75) is 55.7 Å². The number of aliphatic hydroxyl groups excluding tert-OH is 1. The molecule has 0 aliphatic carbocycles. The molecule has 3 atom stereocenters. The number of hydrogen-bond donors (Lipinski definition) is 4. The molecule has 0 saturated carbocycles. The number of carbonyl (C=O) groups is 1. The third-order valence-electron chi connectivity index (χ3n) is 7.59. The van der Waals surface area contributed by atoms with Crippen molar-refractivity contribution in [3.05, 3.63) is 70.8 Å². The van der Waals surface area contributed by atoms with E-state index in [-0.39, 0.29) is 44.1 Å². The van der Waals surface area contributed by atoms with E-state index in [1.165, 1.54) is 6.92 Å². The summed E-state index contributed by atoms with van der Waals surface area (Å²) in [5, 5.41) is 13.2. The lowest BCUT2D eigenvalue weighted by molar-refractivity contribution is -0.143. The number of benzene rings is 2. The summed E-state index contributed by atoms with van der Waals surface area (Å²) < 4.78 is 86.2. The minimum atomic E-state index is -4.96. The number of ether oxygens (including phenoxy) is 1. The maximum absolute atomic E-state index is 13.4. The molecule has 2 heterocycles. The zero-order chi connectivity index (χ0) is 28.5. The molecule has 4 rings (SSSR count). The van der Waals surface area contributed by atoms with Crippen molar-refractivity contribution in [3.63, 3.8) is 0 Å². The average Bonchev–Trinajstić information content (AvgIpc) is 3.34. The molecule has 13 heteroatoms. The van der Waals surface area contributed by atoms with Crippen LogP contribution in [0.5, 0.6) is 0 Å². The lowest BCUT2D eigenvalue weighted by atomic mass is 9.74. The van der Waals surface area contributed by atoms with Gasteiger partial charge in [0, 0.05) is 13.2 Å². The number of halogens is 6.